The molecule has 5 rings (SSSR count). The molecule has 0 radical (unpaired) electrons. The number of methoxy groups -OCH3 is 1. The maximum atomic E-state index is 14.1. The number of ether oxygens (including phenoxy) is 1. The number of hydrogen-bond acceptors (Lipinski definition) is 5. The zero-order chi connectivity index (χ0) is 32.4. The molecule has 1 unspecified atom stereocenters. The fourth-order valence-corrected chi connectivity index (χ4v) is 7.30. The first-order valence-electron chi connectivity index (χ1n) is 15.7. The van der Waals surface area contributed by atoms with E-state index in [1.165, 1.54) is 4.31 Å². The number of sulfonamides is 1. The lowest BCUT2D eigenvalue weighted by molar-refractivity contribution is -0.141. The summed E-state index contributed by atoms with van der Waals surface area (Å²) in [5.74, 6) is 0.264. The first kappa shape index (κ1) is 32.9. The molecule has 4 aromatic rings. The lowest BCUT2D eigenvalue weighted by Crippen LogP contribution is -2.50. The van der Waals surface area contributed by atoms with Gasteiger partial charge in [0.15, 0.2) is 0 Å². The molecule has 1 heterocycles. The first-order chi connectivity index (χ1) is 22.3. The summed E-state index contributed by atoms with van der Waals surface area (Å²) in [6.45, 7) is 1.62. The average molecular weight is 640 g/mol. The molecule has 9 heteroatoms. The van der Waals surface area contributed by atoms with E-state index in [1.54, 1.807) is 36.3 Å². The minimum Gasteiger partial charge on any atom is -0.496 e. The first-order valence-corrected chi connectivity index (χ1v) is 17.1. The van der Waals surface area contributed by atoms with Crippen molar-refractivity contribution in [1.29, 1.82) is 0 Å². The Hall–Kier alpha value is -4.47. The maximum Gasteiger partial charge on any atom is 0.243 e. The van der Waals surface area contributed by atoms with Crippen LogP contribution >= 0.6 is 0 Å². The molecule has 0 spiro atoms. The number of rotatable bonds is 14. The van der Waals surface area contributed by atoms with Crippen LogP contribution in [0.1, 0.15) is 41.5 Å². The highest BCUT2D eigenvalue weighted by Gasteiger charge is 2.31. The van der Waals surface area contributed by atoms with E-state index < -0.39 is 16.1 Å². The summed E-state index contributed by atoms with van der Waals surface area (Å²) in [6, 6.07) is 32.9. The smallest absolute Gasteiger partial charge is 0.243 e. The van der Waals surface area contributed by atoms with Crippen LogP contribution in [0.3, 0.4) is 0 Å². The van der Waals surface area contributed by atoms with Gasteiger partial charge < -0.3 is 15.0 Å². The standard InChI is InChI=1S/C37H41N3O5S/c1-45-35-17-9-8-16-32(35)27-38-37(42)34(26-30-12-4-2-5-13-30)40(28-31-14-6-3-7-15-31)36(41)23-20-29-18-21-33(22-19-29)46(43,44)39-24-10-11-25-39/h2-9,12-19,21-22,34H,10-11,20,23-28H2,1H3,(H,38,42). The Balaban J connectivity index is 1.36. The third-order valence-electron chi connectivity index (χ3n) is 8.37. The third-order valence-corrected chi connectivity index (χ3v) is 10.3. The second kappa shape index (κ2) is 15.7. The van der Waals surface area contributed by atoms with E-state index in [9.17, 15) is 18.0 Å². The molecule has 1 aliphatic heterocycles. The van der Waals surface area contributed by atoms with E-state index in [4.69, 9.17) is 4.74 Å². The molecule has 8 nitrogen and oxygen atoms in total. The lowest BCUT2D eigenvalue weighted by Gasteiger charge is -2.32. The van der Waals surface area contributed by atoms with E-state index in [1.807, 2.05) is 84.9 Å². The molecule has 1 N–H and O–H groups in total. The number of aryl methyl sites for hydroxylation is 1. The van der Waals surface area contributed by atoms with E-state index in [0.717, 1.165) is 35.1 Å². The Morgan fingerprint density at radius 1 is 0.804 bits per heavy atom. The van der Waals surface area contributed by atoms with E-state index in [2.05, 4.69) is 5.32 Å². The van der Waals surface area contributed by atoms with Crippen LogP contribution in [0.25, 0.3) is 0 Å². The van der Waals surface area contributed by atoms with Gasteiger partial charge in [0.25, 0.3) is 0 Å². The largest absolute Gasteiger partial charge is 0.496 e. The third kappa shape index (κ3) is 8.41. The molecule has 1 aliphatic rings. The molecule has 0 aromatic heterocycles. The summed E-state index contributed by atoms with van der Waals surface area (Å²) in [6.07, 6.45) is 2.68. The highest BCUT2D eigenvalue weighted by molar-refractivity contribution is 7.89. The quantitative estimate of drug-likeness (QED) is 0.200. The number of nitrogens with one attached hydrogen (secondary N) is 1. The van der Waals surface area contributed by atoms with Gasteiger partial charge >= 0.3 is 0 Å². The van der Waals surface area contributed by atoms with E-state index >= 15 is 0 Å². The Bertz CT molecular complexity index is 1690. The summed E-state index contributed by atoms with van der Waals surface area (Å²) >= 11 is 0. The number of amides is 2. The van der Waals surface area contributed by atoms with Crippen LogP contribution in [0.15, 0.2) is 114 Å². The van der Waals surface area contributed by atoms with Gasteiger partial charge in [0, 0.05) is 44.6 Å². The van der Waals surface area contributed by atoms with Crippen molar-refractivity contribution in [3.05, 3.63) is 131 Å². The molecule has 1 atom stereocenters. The second-order valence-corrected chi connectivity index (χ2v) is 13.4. The predicted octanol–water partition coefficient (Wildman–Crippen LogP) is 5.37. The van der Waals surface area contributed by atoms with E-state index in [-0.39, 0.29) is 36.2 Å². The van der Waals surface area contributed by atoms with Gasteiger partial charge in [0.2, 0.25) is 21.8 Å². The highest BCUT2D eigenvalue weighted by atomic mass is 32.2. The molecule has 0 saturated carbocycles. The van der Waals surface area contributed by atoms with Gasteiger partial charge in [-0.1, -0.05) is 91.0 Å². The van der Waals surface area contributed by atoms with Gasteiger partial charge in [-0.15, -0.1) is 0 Å². The second-order valence-electron chi connectivity index (χ2n) is 11.5. The average Bonchev–Trinajstić information content (AvgIpc) is 3.65. The normalized spacial score (nSPS) is 14.0. The Morgan fingerprint density at radius 3 is 2.07 bits per heavy atom. The van der Waals surface area contributed by atoms with Crippen molar-refractivity contribution in [2.45, 2.75) is 56.1 Å². The predicted molar refractivity (Wildman–Crippen MR) is 179 cm³/mol. The van der Waals surface area contributed by atoms with Crippen LogP contribution in [-0.4, -0.2) is 55.7 Å². The van der Waals surface area contributed by atoms with Crippen molar-refractivity contribution in [2.24, 2.45) is 0 Å². The van der Waals surface area contributed by atoms with Gasteiger partial charge in [-0.2, -0.15) is 4.31 Å². The molecule has 240 valence electrons. The van der Waals surface area contributed by atoms with Crippen molar-refractivity contribution in [1.82, 2.24) is 14.5 Å². The number of para-hydroxylation sites is 1. The molecule has 2 amide bonds. The molecule has 46 heavy (non-hydrogen) atoms. The molecule has 4 aromatic carbocycles. The highest BCUT2D eigenvalue weighted by Crippen LogP contribution is 2.23. The molecular formula is C37H41N3O5S. The summed E-state index contributed by atoms with van der Waals surface area (Å²) in [7, 11) is -1.91. The Kier molecular flexibility index (Phi) is 11.2. The van der Waals surface area contributed by atoms with Crippen LogP contribution in [0, 0.1) is 0 Å². The van der Waals surface area contributed by atoms with Gasteiger partial charge in [-0.05, 0) is 54.2 Å². The topological polar surface area (TPSA) is 96.0 Å². The number of carbonyl (C=O) groups excluding carboxylic acids is 2. The van der Waals surface area contributed by atoms with Crippen LogP contribution in [0.4, 0.5) is 0 Å². The van der Waals surface area contributed by atoms with Crippen LogP contribution in [0.5, 0.6) is 5.75 Å². The minimum absolute atomic E-state index is 0.161. The summed E-state index contributed by atoms with van der Waals surface area (Å²) in [4.78, 5) is 30.0. The molecule has 0 aliphatic carbocycles. The summed E-state index contributed by atoms with van der Waals surface area (Å²) in [5, 5.41) is 3.06. The zero-order valence-corrected chi connectivity index (χ0v) is 27.0. The van der Waals surface area contributed by atoms with Crippen molar-refractivity contribution < 1.29 is 22.7 Å². The molecular weight excluding hydrogens is 598 g/mol. The summed E-state index contributed by atoms with van der Waals surface area (Å²) < 4.78 is 32.9. The molecule has 1 fully saturated rings. The Morgan fingerprint density at radius 2 is 1.41 bits per heavy atom. The Labute approximate surface area is 272 Å². The number of carbonyl (C=O) groups is 2. The summed E-state index contributed by atoms with van der Waals surface area (Å²) in [5.41, 5.74) is 3.56. The van der Waals surface area contributed by atoms with Crippen molar-refractivity contribution >= 4 is 21.8 Å². The monoisotopic (exact) mass is 639 g/mol. The minimum atomic E-state index is -3.51. The van der Waals surface area contributed by atoms with E-state index in [0.29, 0.717) is 31.7 Å². The van der Waals surface area contributed by atoms with Gasteiger partial charge in [0.05, 0.1) is 12.0 Å². The fraction of sp³-hybridized carbons (Fsp3) is 0.297. The number of nitrogens with zero attached hydrogens (tertiary/aromatic N) is 2. The van der Waals surface area contributed by atoms with Crippen LogP contribution < -0.4 is 10.1 Å². The number of hydrogen-bond donors (Lipinski definition) is 1. The lowest BCUT2D eigenvalue weighted by atomic mass is 10.0. The molecule has 1 saturated heterocycles. The van der Waals surface area contributed by atoms with Gasteiger partial charge in [0.1, 0.15) is 11.8 Å². The molecule has 0 bridgehead atoms. The van der Waals surface area contributed by atoms with Crippen molar-refractivity contribution in [3.8, 4) is 5.75 Å². The maximum absolute atomic E-state index is 14.1. The van der Waals surface area contributed by atoms with Crippen molar-refractivity contribution in [2.75, 3.05) is 20.2 Å². The van der Waals surface area contributed by atoms with Gasteiger partial charge in [-0.3, -0.25) is 9.59 Å². The number of benzene rings is 4. The van der Waals surface area contributed by atoms with Gasteiger partial charge in [-0.25, -0.2) is 8.42 Å². The zero-order valence-electron chi connectivity index (χ0n) is 26.2. The fourth-order valence-electron chi connectivity index (χ4n) is 5.78. The SMILES string of the molecule is COc1ccccc1CNC(=O)C(Cc1ccccc1)N(Cc1ccccc1)C(=O)CCc1ccc(S(=O)(=O)N2CCCC2)cc1. The van der Waals surface area contributed by atoms with Crippen molar-refractivity contribution in [3.63, 3.8) is 0 Å². The van der Waals surface area contributed by atoms with Crippen LogP contribution in [0.2, 0.25) is 0 Å². The van der Waals surface area contributed by atoms with Crippen LogP contribution in [-0.2, 0) is 45.5 Å².